The molecular formula is C11H13N3O3S2. The second-order valence-electron chi connectivity index (χ2n) is 4.44. The van der Waals surface area contributed by atoms with Crippen LogP contribution in [0.3, 0.4) is 0 Å². The van der Waals surface area contributed by atoms with E-state index in [0.717, 1.165) is 17.5 Å². The van der Waals surface area contributed by atoms with E-state index in [1.807, 2.05) is 0 Å². The molecule has 2 aromatic rings. The molecule has 0 aliphatic heterocycles. The molecule has 1 saturated carbocycles. The third kappa shape index (κ3) is 2.33. The van der Waals surface area contributed by atoms with Gasteiger partial charge in [0.05, 0.1) is 17.1 Å². The topological polar surface area (TPSA) is 94.3 Å². The molecule has 0 unspecified atom stereocenters. The first-order chi connectivity index (χ1) is 8.99. The van der Waals surface area contributed by atoms with Crippen LogP contribution >= 0.6 is 11.3 Å². The summed E-state index contributed by atoms with van der Waals surface area (Å²) in [6.07, 6.45) is 1.44. The van der Waals surface area contributed by atoms with Gasteiger partial charge in [-0.2, -0.15) is 0 Å². The fourth-order valence-electron chi connectivity index (χ4n) is 1.80. The Labute approximate surface area is 114 Å². The lowest BCUT2D eigenvalue weighted by atomic mass is 10.3. The number of benzene rings is 1. The highest BCUT2D eigenvalue weighted by Gasteiger charge is 2.36. The molecule has 102 valence electrons. The molecule has 1 aromatic heterocycles. The summed E-state index contributed by atoms with van der Waals surface area (Å²) < 4.78 is 32.2. The van der Waals surface area contributed by atoms with Crippen molar-refractivity contribution in [2.45, 2.75) is 18.1 Å². The number of thiazole rings is 1. The van der Waals surface area contributed by atoms with Crippen LogP contribution in [0.15, 0.2) is 12.1 Å². The first-order valence-electron chi connectivity index (χ1n) is 5.75. The van der Waals surface area contributed by atoms with Gasteiger partial charge in [-0.05, 0) is 18.9 Å². The maximum atomic E-state index is 11.9. The summed E-state index contributed by atoms with van der Waals surface area (Å²) in [6.45, 7) is 0. The molecular weight excluding hydrogens is 286 g/mol. The number of nitrogens with zero attached hydrogens (tertiary/aromatic N) is 1. The van der Waals surface area contributed by atoms with E-state index in [-0.39, 0.29) is 5.25 Å². The highest BCUT2D eigenvalue weighted by atomic mass is 32.2. The molecule has 0 amide bonds. The van der Waals surface area contributed by atoms with E-state index in [0.29, 0.717) is 22.1 Å². The maximum Gasteiger partial charge on any atom is 0.237 e. The van der Waals surface area contributed by atoms with Gasteiger partial charge in [0, 0.05) is 11.8 Å². The van der Waals surface area contributed by atoms with Crippen LogP contribution in [-0.4, -0.2) is 25.8 Å². The first kappa shape index (κ1) is 12.5. The molecule has 0 saturated heterocycles. The van der Waals surface area contributed by atoms with Crippen LogP contribution < -0.4 is 15.2 Å². The summed E-state index contributed by atoms with van der Waals surface area (Å²) >= 11 is 1.25. The number of sulfonamides is 1. The number of hydrogen-bond acceptors (Lipinski definition) is 6. The zero-order chi connectivity index (χ0) is 13.6. The zero-order valence-electron chi connectivity index (χ0n) is 10.2. The Morgan fingerprint density at radius 3 is 2.84 bits per heavy atom. The summed E-state index contributed by atoms with van der Waals surface area (Å²) in [6, 6.07) is 3.42. The van der Waals surface area contributed by atoms with E-state index in [2.05, 4.69) is 9.71 Å². The number of nitrogens with two attached hydrogens (primary N) is 1. The summed E-state index contributed by atoms with van der Waals surface area (Å²) in [5, 5.41) is 0.0808. The van der Waals surface area contributed by atoms with E-state index in [1.54, 1.807) is 12.1 Å². The number of nitrogen functional groups attached to an aromatic ring is 1. The average Bonchev–Trinajstić information content (AvgIpc) is 3.11. The van der Waals surface area contributed by atoms with Crippen LogP contribution in [0, 0.1) is 0 Å². The minimum Gasteiger partial charge on any atom is -0.494 e. The Bertz CT molecular complexity index is 735. The third-order valence-electron chi connectivity index (χ3n) is 2.89. The number of methoxy groups -OCH3 is 1. The first-order valence-corrected chi connectivity index (χ1v) is 8.11. The van der Waals surface area contributed by atoms with Gasteiger partial charge in [0.25, 0.3) is 0 Å². The molecule has 3 rings (SSSR count). The third-order valence-corrected chi connectivity index (χ3v) is 5.77. The molecule has 0 bridgehead atoms. The Morgan fingerprint density at radius 1 is 1.47 bits per heavy atom. The molecule has 0 spiro atoms. The normalized spacial score (nSPS) is 15.6. The fourth-order valence-corrected chi connectivity index (χ4v) is 4.31. The van der Waals surface area contributed by atoms with E-state index in [4.69, 9.17) is 10.5 Å². The molecule has 6 nitrogen and oxygen atoms in total. The van der Waals surface area contributed by atoms with Gasteiger partial charge in [-0.25, -0.2) is 13.4 Å². The molecule has 1 aromatic carbocycles. The molecule has 0 atom stereocenters. The van der Waals surface area contributed by atoms with Crippen molar-refractivity contribution < 1.29 is 13.2 Å². The molecule has 1 heterocycles. The van der Waals surface area contributed by atoms with Crippen LogP contribution in [0.25, 0.3) is 10.2 Å². The molecule has 1 aliphatic rings. The average molecular weight is 299 g/mol. The van der Waals surface area contributed by atoms with E-state index in [1.165, 1.54) is 18.4 Å². The Balaban J connectivity index is 2.02. The van der Waals surface area contributed by atoms with Gasteiger partial charge in [-0.15, -0.1) is 0 Å². The van der Waals surface area contributed by atoms with E-state index < -0.39 is 10.0 Å². The number of nitrogens with one attached hydrogen (secondary N) is 1. The van der Waals surface area contributed by atoms with Crippen molar-refractivity contribution >= 4 is 42.4 Å². The highest BCUT2D eigenvalue weighted by Crippen LogP contribution is 2.36. The minimum absolute atomic E-state index is 0.272. The maximum absolute atomic E-state index is 11.9. The standard InChI is InChI=1S/C11H13N3O3S2/c1-17-8-4-6(12)5-9-10(8)13-11(18-9)14-19(15,16)7-2-3-7/h4-5,7H,2-3,12H2,1H3,(H,13,14). The fraction of sp³-hybridized carbons (Fsp3) is 0.364. The number of hydrogen-bond donors (Lipinski definition) is 2. The number of fused-ring (bicyclic) bond motifs is 1. The van der Waals surface area contributed by atoms with Crippen molar-refractivity contribution in [1.82, 2.24) is 4.98 Å². The van der Waals surface area contributed by atoms with Crippen LogP contribution in [0.2, 0.25) is 0 Å². The Kier molecular flexibility index (Phi) is 2.79. The van der Waals surface area contributed by atoms with E-state index >= 15 is 0 Å². The summed E-state index contributed by atoms with van der Waals surface area (Å²) in [7, 11) is -1.76. The van der Waals surface area contributed by atoms with Crippen molar-refractivity contribution in [3.63, 3.8) is 0 Å². The molecule has 8 heteroatoms. The van der Waals surface area contributed by atoms with Gasteiger partial charge in [0.1, 0.15) is 11.3 Å². The van der Waals surface area contributed by atoms with Gasteiger partial charge in [0.15, 0.2) is 5.13 Å². The van der Waals surface area contributed by atoms with Gasteiger partial charge in [-0.3, -0.25) is 4.72 Å². The number of aromatic nitrogens is 1. The molecule has 1 fully saturated rings. The van der Waals surface area contributed by atoms with Gasteiger partial charge < -0.3 is 10.5 Å². The summed E-state index contributed by atoms with van der Waals surface area (Å²) in [5.41, 5.74) is 6.94. The molecule has 0 radical (unpaired) electrons. The summed E-state index contributed by atoms with van der Waals surface area (Å²) in [5.74, 6) is 0.545. The summed E-state index contributed by atoms with van der Waals surface area (Å²) in [4.78, 5) is 4.27. The highest BCUT2D eigenvalue weighted by molar-refractivity contribution is 7.93. The second kappa shape index (κ2) is 4.24. The molecule has 3 N–H and O–H groups in total. The Morgan fingerprint density at radius 2 is 2.21 bits per heavy atom. The van der Waals surface area contributed by atoms with Crippen LogP contribution in [0.4, 0.5) is 10.8 Å². The minimum atomic E-state index is -3.29. The van der Waals surface area contributed by atoms with Crippen LogP contribution in [0.5, 0.6) is 5.75 Å². The number of anilines is 2. The van der Waals surface area contributed by atoms with Crippen molar-refractivity contribution in [2.75, 3.05) is 17.6 Å². The van der Waals surface area contributed by atoms with Crippen molar-refractivity contribution in [2.24, 2.45) is 0 Å². The monoisotopic (exact) mass is 299 g/mol. The quantitative estimate of drug-likeness (QED) is 0.839. The lowest BCUT2D eigenvalue weighted by Gasteiger charge is -2.02. The smallest absolute Gasteiger partial charge is 0.237 e. The lowest BCUT2D eigenvalue weighted by molar-refractivity contribution is 0.419. The van der Waals surface area contributed by atoms with Crippen LogP contribution in [0.1, 0.15) is 12.8 Å². The number of rotatable bonds is 4. The predicted octanol–water partition coefficient (Wildman–Crippen LogP) is 1.79. The van der Waals surface area contributed by atoms with Crippen molar-refractivity contribution in [1.29, 1.82) is 0 Å². The molecule has 19 heavy (non-hydrogen) atoms. The number of ether oxygens (including phenoxy) is 1. The Hall–Kier alpha value is -1.54. The largest absolute Gasteiger partial charge is 0.494 e. The second-order valence-corrected chi connectivity index (χ2v) is 7.43. The van der Waals surface area contributed by atoms with Crippen molar-refractivity contribution in [3.8, 4) is 5.75 Å². The zero-order valence-corrected chi connectivity index (χ0v) is 11.8. The van der Waals surface area contributed by atoms with Gasteiger partial charge in [-0.1, -0.05) is 11.3 Å². The lowest BCUT2D eigenvalue weighted by Crippen LogP contribution is -2.17. The predicted molar refractivity (Wildman–Crippen MR) is 76.1 cm³/mol. The van der Waals surface area contributed by atoms with Crippen LogP contribution in [-0.2, 0) is 10.0 Å². The van der Waals surface area contributed by atoms with Gasteiger partial charge >= 0.3 is 0 Å². The SMILES string of the molecule is COc1cc(N)cc2sc(NS(=O)(=O)C3CC3)nc12. The van der Waals surface area contributed by atoms with Gasteiger partial charge in [0.2, 0.25) is 10.0 Å². The van der Waals surface area contributed by atoms with E-state index in [9.17, 15) is 8.42 Å². The molecule has 1 aliphatic carbocycles. The van der Waals surface area contributed by atoms with Crippen molar-refractivity contribution in [3.05, 3.63) is 12.1 Å².